The lowest BCUT2D eigenvalue weighted by Gasteiger charge is -2.47. The third-order valence-corrected chi connectivity index (χ3v) is 3.88. The monoisotopic (exact) mass is 247 g/mol. The highest BCUT2D eigenvalue weighted by atomic mass is 16.7. The zero-order valence-corrected chi connectivity index (χ0v) is 10.6. The van der Waals surface area contributed by atoms with Crippen molar-refractivity contribution in [3.05, 3.63) is 23.3 Å². The lowest BCUT2D eigenvalue weighted by Crippen LogP contribution is -2.67. The number of rotatable bonds is 0. The van der Waals surface area contributed by atoms with Gasteiger partial charge in [0.05, 0.1) is 39.2 Å². The van der Waals surface area contributed by atoms with Crippen molar-refractivity contribution in [3.8, 4) is 11.5 Å². The number of nitrogens with two attached hydrogens (primary N) is 1. The Morgan fingerprint density at radius 3 is 1.45 bits per heavy atom. The van der Waals surface area contributed by atoms with Crippen LogP contribution in [-0.2, 0) is 10.4 Å². The summed E-state index contributed by atoms with van der Waals surface area (Å²) in [6, 6.07) is 2.95. The van der Waals surface area contributed by atoms with Crippen LogP contribution in [0.5, 0.6) is 11.5 Å². The molecule has 0 unspecified atom stereocenters. The fraction of sp³-hybridized carbons (Fsp3) is 0.400. The summed E-state index contributed by atoms with van der Waals surface area (Å²) in [4.78, 5) is 0. The van der Waals surface area contributed by atoms with E-state index in [0.717, 1.165) is 0 Å². The van der Waals surface area contributed by atoms with Crippen molar-refractivity contribution in [1.29, 1.82) is 0 Å². The topological polar surface area (TPSA) is 44.5 Å². The molecule has 0 bridgehead atoms. The van der Waals surface area contributed by atoms with Crippen molar-refractivity contribution < 1.29 is 9.47 Å². The van der Waals surface area contributed by atoms with Gasteiger partial charge in [-0.3, -0.25) is 0 Å². The Hall–Kier alpha value is -0.765. The quantitative estimate of drug-likeness (QED) is 0.504. The van der Waals surface area contributed by atoms with Crippen molar-refractivity contribution in [3.63, 3.8) is 0 Å². The Balaban J connectivity index is 2.24. The maximum atomic E-state index is 6.01. The molecular weight excluding hydrogens is 242 g/mol. The van der Waals surface area contributed by atoms with Gasteiger partial charge in [-0.15, -0.1) is 0 Å². The molecule has 1 aromatic rings. The standard InChI is InChI=1S/C10H4B7NO2/c11-7(12)3-1-5-6(20-10(16,17)19-5)2-4(3)8(13,14)9(7,15)18/h1-2H,18H2. The van der Waals surface area contributed by atoms with Crippen LogP contribution in [0.25, 0.3) is 0 Å². The maximum Gasteiger partial charge on any atom is 0.175 e. The number of fused-ring (bicyclic) bond motifs is 2. The van der Waals surface area contributed by atoms with Crippen LogP contribution in [0, 0.1) is 0 Å². The Kier molecular flexibility index (Phi) is 2.50. The molecule has 0 aromatic heterocycles. The number of benzene rings is 1. The molecule has 2 N–H and O–H groups in total. The molecule has 0 fully saturated rings. The summed E-state index contributed by atoms with van der Waals surface area (Å²) in [5.74, 6) is 0.505. The van der Waals surface area contributed by atoms with Crippen molar-refractivity contribution in [1.82, 2.24) is 0 Å². The van der Waals surface area contributed by atoms with E-state index in [9.17, 15) is 0 Å². The van der Waals surface area contributed by atoms with E-state index in [4.69, 9.17) is 70.1 Å². The Bertz CT molecular complexity index is 565. The molecule has 3 rings (SSSR count). The predicted octanol–water partition coefficient (Wildman–Crippen LogP) is -2.78. The van der Waals surface area contributed by atoms with Crippen LogP contribution in [0.2, 0.25) is 0 Å². The lowest BCUT2D eigenvalue weighted by molar-refractivity contribution is 0.0832. The first-order chi connectivity index (χ1) is 8.90. The third-order valence-electron chi connectivity index (χ3n) is 3.88. The molecule has 2 aliphatic rings. The lowest BCUT2D eigenvalue weighted by atomic mass is 9.30. The first-order valence-corrected chi connectivity index (χ1v) is 5.78. The highest BCUT2D eigenvalue weighted by Gasteiger charge is 2.55. The maximum absolute atomic E-state index is 6.01. The fourth-order valence-corrected chi connectivity index (χ4v) is 2.56. The second-order valence-corrected chi connectivity index (χ2v) is 5.38. The molecule has 1 heterocycles. The summed E-state index contributed by atoms with van der Waals surface area (Å²) >= 11 is 0. The van der Waals surface area contributed by atoms with Crippen LogP contribution in [0.15, 0.2) is 12.1 Å². The first kappa shape index (κ1) is 14.2. The van der Waals surface area contributed by atoms with Crippen molar-refractivity contribution in [2.24, 2.45) is 5.73 Å². The normalized spacial score (nSPS) is 26.1. The van der Waals surface area contributed by atoms with Crippen molar-refractivity contribution >= 4 is 54.9 Å². The molecule has 1 aliphatic heterocycles. The van der Waals surface area contributed by atoms with Crippen LogP contribution in [-0.4, -0.2) is 65.9 Å². The van der Waals surface area contributed by atoms with Gasteiger partial charge in [-0.2, -0.15) is 0 Å². The van der Waals surface area contributed by atoms with E-state index in [1.807, 2.05) is 0 Å². The molecule has 1 aliphatic carbocycles. The zero-order chi connectivity index (χ0) is 15.1. The SMILES string of the molecule is [B]C1([B])Oc2cc3c(cc2O1)C([B])([B])C([B])(N)C3([B])[B]. The molecule has 14 radical (unpaired) electrons. The van der Waals surface area contributed by atoms with Gasteiger partial charge in [-0.25, -0.2) is 0 Å². The van der Waals surface area contributed by atoms with E-state index in [2.05, 4.69) is 0 Å². The summed E-state index contributed by atoms with van der Waals surface area (Å²) in [6.07, 6.45) is 0. The van der Waals surface area contributed by atoms with Crippen LogP contribution < -0.4 is 15.2 Å². The third kappa shape index (κ3) is 1.49. The minimum atomic E-state index is -1.78. The summed E-state index contributed by atoms with van der Waals surface area (Å²) in [6.45, 7) is 0. The number of hydrogen-bond acceptors (Lipinski definition) is 3. The number of hydrogen-bond donors (Lipinski definition) is 1. The predicted molar refractivity (Wildman–Crippen MR) is 81.0 cm³/mol. The van der Waals surface area contributed by atoms with Crippen molar-refractivity contribution in [2.45, 2.75) is 21.5 Å². The smallest absolute Gasteiger partial charge is 0.175 e. The first-order valence-electron chi connectivity index (χ1n) is 5.78. The largest absolute Gasteiger partial charge is 0.468 e. The van der Waals surface area contributed by atoms with Gasteiger partial charge in [0.15, 0.2) is 32.8 Å². The average molecular weight is 246 g/mol. The summed E-state index contributed by atoms with van der Waals surface area (Å²) in [5, 5.41) is -3.34. The minimum absolute atomic E-state index is 0.252. The molecular formula is C10H4B7NO2. The summed E-state index contributed by atoms with van der Waals surface area (Å²) in [5.41, 5.74) is 3.07. The van der Waals surface area contributed by atoms with E-state index in [1.165, 1.54) is 12.1 Å². The Labute approximate surface area is 127 Å². The molecule has 10 heteroatoms. The van der Waals surface area contributed by atoms with Crippen LogP contribution in [0.1, 0.15) is 11.1 Å². The highest BCUT2D eigenvalue weighted by Crippen LogP contribution is 2.52. The molecule has 3 nitrogen and oxygen atoms in total. The van der Waals surface area contributed by atoms with E-state index in [0.29, 0.717) is 11.1 Å². The molecule has 20 heavy (non-hydrogen) atoms. The average Bonchev–Trinajstić information content (AvgIpc) is 2.62. The Morgan fingerprint density at radius 2 is 1.10 bits per heavy atom. The molecule has 0 spiro atoms. The second-order valence-electron chi connectivity index (χ2n) is 5.38. The van der Waals surface area contributed by atoms with E-state index >= 15 is 0 Å². The molecule has 82 valence electrons. The van der Waals surface area contributed by atoms with Gasteiger partial charge >= 0.3 is 0 Å². The van der Waals surface area contributed by atoms with Crippen LogP contribution in [0.4, 0.5) is 0 Å². The van der Waals surface area contributed by atoms with Gasteiger partial charge in [-0.05, 0) is 17.6 Å². The van der Waals surface area contributed by atoms with Gasteiger partial charge < -0.3 is 15.2 Å². The van der Waals surface area contributed by atoms with Gasteiger partial charge in [0, 0.05) is 0 Å². The summed E-state index contributed by atoms with van der Waals surface area (Å²) < 4.78 is 10.4. The highest BCUT2D eigenvalue weighted by molar-refractivity contribution is 6.54. The van der Waals surface area contributed by atoms with Crippen LogP contribution in [0.3, 0.4) is 0 Å². The van der Waals surface area contributed by atoms with Gasteiger partial charge in [0.1, 0.15) is 0 Å². The van der Waals surface area contributed by atoms with E-state index in [1.54, 1.807) is 0 Å². The molecule has 0 amide bonds. The summed E-state index contributed by atoms with van der Waals surface area (Å²) in [7, 11) is 41.1. The van der Waals surface area contributed by atoms with Gasteiger partial charge in [-0.1, -0.05) is 21.6 Å². The van der Waals surface area contributed by atoms with Gasteiger partial charge in [0.25, 0.3) is 0 Å². The molecule has 0 atom stereocenters. The second kappa shape index (κ2) is 3.52. The zero-order valence-electron chi connectivity index (χ0n) is 10.6. The van der Waals surface area contributed by atoms with E-state index < -0.39 is 21.5 Å². The van der Waals surface area contributed by atoms with Crippen molar-refractivity contribution in [2.75, 3.05) is 0 Å². The molecule has 1 aromatic carbocycles. The fourth-order valence-electron chi connectivity index (χ4n) is 2.56. The Morgan fingerprint density at radius 1 is 0.750 bits per heavy atom. The van der Waals surface area contributed by atoms with E-state index in [-0.39, 0.29) is 11.5 Å². The molecule has 0 saturated heterocycles. The number of ether oxygens (including phenoxy) is 2. The van der Waals surface area contributed by atoms with Gasteiger partial charge in [0.2, 0.25) is 0 Å². The van der Waals surface area contributed by atoms with Crippen LogP contribution >= 0.6 is 0 Å². The minimum Gasteiger partial charge on any atom is -0.468 e. The molecule has 0 saturated carbocycles.